The fourth-order valence-corrected chi connectivity index (χ4v) is 2.69. The number of amides is 1. The fourth-order valence-electron chi connectivity index (χ4n) is 2.18. The molecule has 0 spiro atoms. The number of primary sulfonamides is 1. The first-order valence-electron chi connectivity index (χ1n) is 9.66. The zero-order valence-corrected chi connectivity index (χ0v) is 18.3. The molecular weight excluding hydrogens is 394 g/mol. The molecule has 1 aromatic rings. The van der Waals surface area contributed by atoms with Crippen LogP contribution in [-0.2, 0) is 26.1 Å². The van der Waals surface area contributed by atoms with E-state index in [-0.39, 0.29) is 17.3 Å². The molecule has 4 N–H and O–H groups in total. The minimum atomic E-state index is -3.72. The van der Waals surface area contributed by atoms with Crippen molar-refractivity contribution in [2.75, 3.05) is 40.4 Å². The van der Waals surface area contributed by atoms with E-state index in [0.717, 1.165) is 31.4 Å². The van der Waals surface area contributed by atoms with Crippen LogP contribution in [0, 0.1) is 0 Å². The van der Waals surface area contributed by atoms with Gasteiger partial charge in [-0.25, -0.2) is 18.5 Å². The molecule has 0 radical (unpaired) electrons. The van der Waals surface area contributed by atoms with E-state index >= 15 is 0 Å². The molecule has 0 aromatic heterocycles. The van der Waals surface area contributed by atoms with Crippen LogP contribution in [0.15, 0.2) is 34.2 Å². The zero-order chi connectivity index (χ0) is 21.7. The van der Waals surface area contributed by atoms with Gasteiger partial charge < -0.3 is 20.3 Å². The summed E-state index contributed by atoms with van der Waals surface area (Å²) in [5, 5.41) is 11.3. The van der Waals surface area contributed by atoms with Gasteiger partial charge in [-0.1, -0.05) is 25.5 Å². The number of sulfonamides is 1. The van der Waals surface area contributed by atoms with E-state index in [1.165, 1.54) is 17.0 Å². The molecule has 29 heavy (non-hydrogen) atoms. The third kappa shape index (κ3) is 10.8. The largest absolute Gasteiger partial charge is 0.381 e. The summed E-state index contributed by atoms with van der Waals surface area (Å²) in [5.41, 5.74) is 0.820. The highest BCUT2D eigenvalue weighted by Crippen LogP contribution is 2.09. The molecule has 9 nitrogen and oxygen atoms in total. The number of hydrogen-bond donors (Lipinski definition) is 3. The smallest absolute Gasteiger partial charge is 0.241 e. The van der Waals surface area contributed by atoms with Crippen molar-refractivity contribution < 1.29 is 17.9 Å². The van der Waals surface area contributed by atoms with Gasteiger partial charge in [-0.15, -0.1) is 0 Å². The van der Waals surface area contributed by atoms with Gasteiger partial charge in [0.15, 0.2) is 5.96 Å². The van der Waals surface area contributed by atoms with Gasteiger partial charge >= 0.3 is 0 Å². The van der Waals surface area contributed by atoms with Gasteiger partial charge in [0.1, 0.15) is 0 Å². The molecule has 0 heterocycles. The number of guanidine groups is 1. The lowest BCUT2D eigenvalue weighted by molar-refractivity contribution is -0.127. The number of nitrogens with zero attached hydrogens (tertiary/aromatic N) is 2. The number of ether oxygens (including phenoxy) is 1. The number of nitrogens with two attached hydrogens (primary N) is 1. The average molecular weight is 428 g/mol. The van der Waals surface area contributed by atoms with Crippen LogP contribution >= 0.6 is 0 Å². The van der Waals surface area contributed by atoms with E-state index in [2.05, 4.69) is 22.5 Å². The first-order chi connectivity index (χ1) is 13.7. The predicted molar refractivity (Wildman–Crippen MR) is 114 cm³/mol. The molecule has 0 bridgehead atoms. The van der Waals surface area contributed by atoms with Crippen LogP contribution in [0.2, 0.25) is 0 Å². The number of aliphatic imine (C=N–C) groups is 1. The molecular formula is C19H33N5O4S. The maximum Gasteiger partial charge on any atom is 0.241 e. The molecule has 0 aliphatic heterocycles. The van der Waals surface area contributed by atoms with Crippen LogP contribution < -0.4 is 15.8 Å². The molecule has 10 heteroatoms. The predicted octanol–water partition coefficient (Wildman–Crippen LogP) is 0.664. The van der Waals surface area contributed by atoms with Crippen LogP contribution in [0.3, 0.4) is 0 Å². The monoisotopic (exact) mass is 427 g/mol. The molecule has 1 rings (SSSR count). The van der Waals surface area contributed by atoms with Crippen molar-refractivity contribution in [3.8, 4) is 0 Å². The lowest BCUT2D eigenvalue weighted by Gasteiger charge is -2.15. The lowest BCUT2D eigenvalue weighted by Crippen LogP contribution is -2.43. The third-order valence-electron chi connectivity index (χ3n) is 3.98. The summed E-state index contributed by atoms with van der Waals surface area (Å²) in [4.78, 5) is 17.8. The molecule has 164 valence electrons. The summed E-state index contributed by atoms with van der Waals surface area (Å²) in [6, 6.07) is 6.22. The van der Waals surface area contributed by atoms with E-state index in [1.807, 2.05) is 0 Å². The normalized spacial score (nSPS) is 11.9. The Balaban J connectivity index is 2.62. The highest BCUT2D eigenvalue weighted by molar-refractivity contribution is 7.89. The molecule has 1 aromatic carbocycles. The number of nitrogens with one attached hydrogen (secondary N) is 2. The van der Waals surface area contributed by atoms with E-state index < -0.39 is 10.0 Å². The molecule has 0 saturated carbocycles. The number of hydrogen-bond acceptors (Lipinski definition) is 5. The highest BCUT2D eigenvalue weighted by atomic mass is 32.2. The van der Waals surface area contributed by atoms with E-state index in [0.29, 0.717) is 25.7 Å². The van der Waals surface area contributed by atoms with Crippen LogP contribution in [0.25, 0.3) is 0 Å². The molecule has 0 unspecified atom stereocenters. The minimum absolute atomic E-state index is 0.0568. The van der Waals surface area contributed by atoms with Crippen molar-refractivity contribution in [3.63, 3.8) is 0 Å². The Morgan fingerprint density at radius 2 is 1.79 bits per heavy atom. The van der Waals surface area contributed by atoms with Gasteiger partial charge in [0, 0.05) is 33.9 Å². The Hall–Kier alpha value is -2.17. The topological polar surface area (TPSA) is 126 Å². The Morgan fingerprint density at radius 1 is 1.14 bits per heavy atom. The zero-order valence-electron chi connectivity index (χ0n) is 17.5. The molecule has 0 saturated heterocycles. The standard InChI is InChI=1S/C19H33N5O4S/c1-4-5-12-28-13-6-11-21-19(23-15-18(25)24(2)3)22-14-16-7-9-17(10-8-16)29(20,26)27/h7-10H,4-6,11-15H2,1-3H3,(H2,20,26,27)(H2,21,22,23). The van der Waals surface area contributed by atoms with Gasteiger partial charge in [0.25, 0.3) is 0 Å². The van der Waals surface area contributed by atoms with E-state index in [1.54, 1.807) is 26.2 Å². The third-order valence-corrected chi connectivity index (χ3v) is 4.91. The van der Waals surface area contributed by atoms with Crippen molar-refractivity contribution >= 4 is 21.9 Å². The summed E-state index contributed by atoms with van der Waals surface area (Å²) < 4.78 is 28.2. The molecule has 0 aliphatic rings. The summed E-state index contributed by atoms with van der Waals surface area (Å²) in [7, 11) is -0.336. The Labute approximate surface area is 173 Å². The maximum atomic E-state index is 11.8. The SMILES string of the molecule is CCCCOCCCNC(=NCc1ccc(S(N)(=O)=O)cc1)NCC(=O)N(C)C. The summed E-state index contributed by atoms with van der Waals surface area (Å²) in [6.45, 7) is 4.64. The summed E-state index contributed by atoms with van der Waals surface area (Å²) >= 11 is 0. The second kappa shape index (κ2) is 13.1. The van der Waals surface area contributed by atoms with Crippen LogP contribution in [0.5, 0.6) is 0 Å². The van der Waals surface area contributed by atoms with Gasteiger partial charge in [0.2, 0.25) is 15.9 Å². The van der Waals surface area contributed by atoms with Crippen LogP contribution in [0.4, 0.5) is 0 Å². The fraction of sp³-hybridized carbons (Fsp3) is 0.579. The number of benzene rings is 1. The second-order valence-electron chi connectivity index (χ2n) is 6.74. The number of carbonyl (C=O) groups is 1. The highest BCUT2D eigenvalue weighted by Gasteiger charge is 2.08. The maximum absolute atomic E-state index is 11.8. The van der Waals surface area contributed by atoms with Crippen molar-refractivity contribution in [1.82, 2.24) is 15.5 Å². The van der Waals surface area contributed by atoms with Crippen LogP contribution in [-0.4, -0.2) is 65.6 Å². The number of carbonyl (C=O) groups excluding carboxylic acids is 1. The summed E-state index contributed by atoms with van der Waals surface area (Å²) in [5.74, 6) is 0.434. The number of likely N-dealkylation sites (N-methyl/N-ethyl adjacent to an activating group) is 1. The quantitative estimate of drug-likeness (QED) is 0.256. The lowest BCUT2D eigenvalue weighted by atomic mass is 10.2. The average Bonchev–Trinajstić information content (AvgIpc) is 2.68. The van der Waals surface area contributed by atoms with Gasteiger partial charge in [0.05, 0.1) is 18.0 Å². The number of unbranched alkanes of at least 4 members (excludes halogenated alkanes) is 1. The molecule has 0 atom stereocenters. The van der Waals surface area contributed by atoms with Crippen molar-refractivity contribution in [2.45, 2.75) is 37.6 Å². The molecule has 1 amide bonds. The number of rotatable bonds is 12. The molecule has 0 aliphatic carbocycles. The minimum Gasteiger partial charge on any atom is -0.381 e. The van der Waals surface area contributed by atoms with Crippen molar-refractivity contribution in [2.24, 2.45) is 10.1 Å². The van der Waals surface area contributed by atoms with Crippen molar-refractivity contribution in [1.29, 1.82) is 0 Å². The second-order valence-corrected chi connectivity index (χ2v) is 8.30. The Morgan fingerprint density at radius 3 is 2.38 bits per heavy atom. The Bertz CT molecular complexity index is 748. The van der Waals surface area contributed by atoms with Gasteiger partial charge in [-0.05, 0) is 30.5 Å². The van der Waals surface area contributed by atoms with Crippen molar-refractivity contribution in [3.05, 3.63) is 29.8 Å². The van der Waals surface area contributed by atoms with Gasteiger partial charge in [-0.2, -0.15) is 0 Å². The van der Waals surface area contributed by atoms with E-state index in [4.69, 9.17) is 9.88 Å². The first kappa shape index (κ1) is 24.9. The first-order valence-corrected chi connectivity index (χ1v) is 11.2. The Kier molecular flexibility index (Phi) is 11.3. The van der Waals surface area contributed by atoms with Crippen LogP contribution in [0.1, 0.15) is 31.7 Å². The van der Waals surface area contributed by atoms with Gasteiger partial charge in [-0.3, -0.25) is 4.79 Å². The van der Waals surface area contributed by atoms with E-state index in [9.17, 15) is 13.2 Å². The molecule has 0 fully saturated rings. The summed E-state index contributed by atoms with van der Waals surface area (Å²) in [6.07, 6.45) is 2.98.